The Hall–Kier alpha value is -2.38. The molecule has 122 valence electrons. The van der Waals surface area contributed by atoms with E-state index in [1.165, 1.54) is 0 Å². The minimum atomic E-state index is -0.389. The number of nitrogens with zero attached hydrogens (tertiary/aromatic N) is 3. The number of piperazine rings is 1. The van der Waals surface area contributed by atoms with Crippen LogP contribution in [-0.4, -0.2) is 53.6 Å². The van der Waals surface area contributed by atoms with Crippen molar-refractivity contribution in [1.82, 2.24) is 19.9 Å². The zero-order valence-corrected chi connectivity index (χ0v) is 13.4. The Balaban J connectivity index is 1.93. The molecule has 1 fully saturated rings. The molecule has 0 radical (unpaired) electrons. The number of amides is 1. The van der Waals surface area contributed by atoms with Crippen molar-refractivity contribution in [2.75, 3.05) is 39.0 Å². The van der Waals surface area contributed by atoms with Gasteiger partial charge >= 0.3 is 0 Å². The Morgan fingerprint density at radius 1 is 1.17 bits per heavy atom. The number of rotatable bonds is 2. The normalized spacial score (nSPS) is 16.6. The van der Waals surface area contributed by atoms with Crippen molar-refractivity contribution in [3.8, 4) is 0 Å². The number of carbonyl (C=O) groups is 1. The van der Waals surface area contributed by atoms with Crippen LogP contribution >= 0.6 is 0 Å². The van der Waals surface area contributed by atoms with Crippen molar-refractivity contribution in [2.45, 2.75) is 0 Å². The van der Waals surface area contributed by atoms with Crippen LogP contribution in [0.4, 0.5) is 5.69 Å². The molecule has 1 aromatic carbocycles. The second-order valence-corrected chi connectivity index (χ2v) is 5.96. The van der Waals surface area contributed by atoms with E-state index in [4.69, 9.17) is 5.73 Å². The maximum absolute atomic E-state index is 12.7. The van der Waals surface area contributed by atoms with Crippen molar-refractivity contribution >= 4 is 22.5 Å². The largest absolute Gasteiger partial charge is 0.398 e. The average Bonchev–Trinajstić information content (AvgIpc) is 2.53. The molecule has 0 spiro atoms. The fourth-order valence-electron chi connectivity index (χ4n) is 2.84. The summed E-state index contributed by atoms with van der Waals surface area (Å²) in [5.41, 5.74) is 9.63. The fourth-order valence-corrected chi connectivity index (χ4v) is 2.84. The first-order valence-corrected chi connectivity index (χ1v) is 7.59. The van der Waals surface area contributed by atoms with Crippen LogP contribution in [0.3, 0.4) is 0 Å². The molecule has 3 rings (SSSR count). The molecule has 0 unspecified atom stereocenters. The molecule has 7 nitrogen and oxygen atoms in total. The van der Waals surface area contributed by atoms with Crippen LogP contribution in [0, 0.1) is 0 Å². The summed E-state index contributed by atoms with van der Waals surface area (Å²) in [5, 5.41) is 2.24. The van der Waals surface area contributed by atoms with Crippen LogP contribution in [0.1, 0.15) is 10.4 Å². The standard InChI is InChI=1S/C16H21N5O2/c1-19-6-8-21(9-7-19)18-16(23)11-10-20(2)13-5-3-4-12(17)14(13)15(11)22/h3-5,10H,6-9,17H2,1-2H3,(H,18,23). The van der Waals surface area contributed by atoms with Gasteiger partial charge < -0.3 is 15.2 Å². The Kier molecular flexibility index (Phi) is 4.06. The summed E-state index contributed by atoms with van der Waals surface area (Å²) in [4.78, 5) is 27.4. The van der Waals surface area contributed by atoms with Crippen LogP contribution in [-0.2, 0) is 7.05 Å². The molecule has 2 aromatic rings. The predicted molar refractivity (Wildman–Crippen MR) is 90.1 cm³/mol. The van der Waals surface area contributed by atoms with Gasteiger partial charge in [-0.05, 0) is 19.2 Å². The van der Waals surface area contributed by atoms with Gasteiger partial charge in [-0.15, -0.1) is 0 Å². The van der Waals surface area contributed by atoms with Crippen molar-refractivity contribution in [2.24, 2.45) is 7.05 Å². The highest BCUT2D eigenvalue weighted by Gasteiger charge is 2.20. The number of benzene rings is 1. The average molecular weight is 315 g/mol. The Morgan fingerprint density at radius 2 is 1.87 bits per heavy atom. The first-order valence-electron chi connectivity index (χ1n) is 7.59. The van der Waals surface area contributed by atoms with E-state index in [2.05, 4.69) is 10.3 Å². The van der Waals surface area contributed by atoms with E-state index in [-0.39, 0.29) is 16.9 Å². The third-order valence-corrected chi connectivity index (χ3v) is 4.26. The molecule has 0 saturated carbocycles. The van der Waals surface area contributed by atoms with Gasteiger partial charge in [0.05, 0.1) is 10.9 Å². The Labute approximate surface area is 134 Å². The van der Waals surface area contributed by atoms with E-state index in [0.717, 1.165) is 26.2 Å². The lowest BCUT2D eigenvalue weighted by atomic mass is 10.1. The number of aromatic nitrogens is 1. The number of pyridine rings is 1. The van der Waals surface area contributed by atoms with E-state index >= 15 is 0 Å². The van der Waals surface area contributed by atoms with Crippen LogP contribution in [0.15, 0.2) is 29.2 Å². The number of hydrazine groups is 1. The topological polar surface area (TPSA) is 83.6 Å². The van der Waals surface area contributed by atoms with Gasteiger partial charge in [-0.1, -0.05) is 6.07 Å². The molecule has 23 heavy (non-hydrogen) atoms. The second kappa shape index (κ2) is 6.02. The van der Waals surface area contributed by atoms with E-state index in [0.29, 0.717) is 16.6 Å². The fraction of sp³-hybridized carbons (Fsp3) is 0.375. The Morgan fingerprint density at radius 3 is 2.57 bits per heavy atom. The molecule has 3 N–H and O–H groups in total. The number of hydrogen-bond donors (Lipinski definition) is 2. The lowest BCUT2D eigenvalue weighted by molar-refractivity contribution is 0.0661. The van der Waals surface area contributed by atoms with Gasteiger partial charge in [-0.3, -0.25) is 15.0 Å². The third-order valence-electron chi connectivity index (χ3n) is 4.26. The summed E-state index contributed by atoms with van der Waals surface area (Å²) < 4.78 is 1.76. The van der Waals surface area contributed by atoms with Crippen molar-refractivity contribution in [1.29, 1.82) is 0 Å². The smallest absolute Gasteiger partial charge is 0.271 e. The van der Waals surface area contributed by atoms with Gasteiger partial charge in [0.2, 0.25) is 5.43 Å². The monoisotopic (exact) mass is 315 g/mol. The number of nitrogen functional groups attached to an aromatic ring is 1. The van der Waals surface area contributed by atoms with Crippen LogP contribution in [0.5, 0.6) is 0 Å². The zero-order chi connectivity index (χ0) is 16.6. The maximum atomic E-state index is 12.7. The van der Waals surface area contributed by atoms with Crippen molar-refractivity contribution in [3.63, 3.8) is 0 Å². The first-order chi connectivity index (χ1) is 11.0. The van der Waals surface area contributed by atoms with Gasteiger partial charge in [-0.25, -0.2) is 5.01 Å². The summed E-state index contributed by atoms with van der Waals surface area (Å²) in [5.74, 6) is -0.389. The number of fused-ring (bicyclic) bond motifs is 1. The summed E-state index contributed by atoms with van der Waals surface area (Å²) in [6.07, 6.45) is 1.56. The molecule has 0 aliphatic carbocycles. The van der Waals surface area contributed by atoms with Gasteiger partial charge in [0.25, 0.3) is 5.91 Å². The lowest BCUT2D eigenvalue weighted by Gasteiger charge is -2.32. The van der Waals surface area contributed by atoms with E-state index in [9.17, 15) is 9.59 Å². The minimum Gasteiger partial charge on any atom is -0.398 e. The molecular weight excluding hydrogens is 294 g/mol. The number of likely N-dealkylation sites (N-methyl/N-ethyl adjacent to an activating group) is 1. The molecule has 0 bridgehead atoms. The van der Waals surface area contributed by atoms with Crippen LogP contribution in [0.25, 0.3) is 10.9 Å². The lowest BCUT2D eigenvalue weighted by Crippen LogP contribution is -2.53. The highest BCUT2D eigenvalue weighted by molar-refractivity contribution is 5.99. The summed E-state index contributed by atoms with van der Waals surface area (Å²) in [7, 11) is 3.84. The molecule has 1 aliphatic rings. The number of anilines is 1. The number of nitrogens with one attached hydrogen (secondary N) is 1. The SMILES string of the molecule is CN1CCN(NC(=O)c2cn(C)c3cccc(N)c3c2=O)CC1. The van der Waals surface area contributed by atoms with Crippen molar-refractivity contribution in [3.05, 3.63) is 40.2 Å². The predicted octanol–water partition coefficient (Wildman–Crippen LogP) is 0.0129. The van der Waals surface area contributed by atoms with E-state index < -0.39 is 0 Å². The molecule has 1 aliphatic heterocycles. The summed E-state index contributed by atoms with van der Waals surface area (Å²) >= 11 is 0. The highest BCUT2D eigenvalue weighted by Crippen LogP contribution is 2.17. The molecular formula is C16H21N5O2. The molecule has 2 heterocycles. The number of aryl methyl sites for hydroxylation is 1. The first kappa shape index (κ1) is 15.5. The molecule has 7 heteroatoms. The third kappa shape index (κ3) is 2.93. The molecule has 1 aromatic heterocycles. The second-order valence-electron chi connectivity index (χ2n) is 5.96. The molecule has 1 amide bonds. The number of nitrogens with two attached hydrogens (primary N) is 1. The quantitative estimate of drug-likeness (QED) is 0.763. The molecule has 0 atom stereocenters. The van der Waals surface area contributed by atoms with Crippen LogP contribution < -0.4 is 16.6 Å². The summed E-state index contributed by atoms with van der Waals surface area (Å²) in [6, 6.07) is 5.28. The van der Waals surface area contributed by atoms with Gasteiger partial charge in [0, 0.05) is 45.1 Å². The van der Waals surface area contributed by atoms with Gasteiger partial charge in [0.1, 0.15) is 5.56 Å². The molecule has 1 saturated heterocycles. The van der Waals surface area contributed by atoms with E-state index in [1.54, 1.807) is 29.9 Å². The zero-order valence-electron chi connectivity index (χ0n) is 13.4. The number of hydrogen-bond acceptors (Lipinski definition) is 5. The van der Waals surface area contributed by atoms with E-state index in [1.807, 2.05) is 18.1 Å². The maximum Gasteiger partial charge on any atom is 0.271 e. The highest BCUT2D eigenvalue weighted by atomic mass is 16.2. The Bertz CT molecular complexity index is 806. The van der Waals surface area contributed by atoms with Crippen LogP contribution in [0.2, 0.25) is 0 Å². The van der Waals surface area contributed by atoms with Gasteiger partial charge in [-0.2, -0.15) is 0 Å². The minimum absolute atomic E-state index is 0.108. The van der Waals surface area contributed by atoms with Gasteiger partial charge in [0.15, 0.2) is 0 Å². The summed E-state index contributed by atoms with van der Waals surface area (Å²) in [6.45, 7) is 3.22. The van der Waals surface area contributed by atoms with Crippen molar-refractivity contribution < 1.29 is 4.79 Å². The number of carbonyl (C=O) groups excluding carboxylic acids is 1.